The minimum Gasteiger partial charge on any atom is -0.379 e. The van der Waals surface area contributed by atoms with Crippen molar-refractivity contribution in [3.05, 3.63) is 40.2 Å². The highest BCUT2D eigenvalue weighted by molar-refractivity contribution is 5.80. The number of hydrogen-bond acceptors (Lipinski definition) is 8. The van der Waals surface area contributed by atoms with E-state index < -0.39 is 34.8 Å². The van der Waals surface area contributed by atoms with Gasteiger partial charge in [-0.3, -0.25) is 14.3 Å². The van der Waals surface area contributed by atoms with Gasteiger partial charge in [-0.05, 0) is 6.92 Å². The molecule has 1 aliphatic rings. The van der Waals surface area contributed by atoms with Crippen LogP contribution < -0.4 is 10.5 Å². The lowest BCUT2D eigenvalue weighted by Crippen LogP contribution is -2.49. The third-order valence-electron chi connectivity index (χ3n) is 6.09. The topological polar surface area (TPSA) is 122 Å². The van der Waals surface area contributed by atoms with Crippen LogP contribution in [0.15, 0.2) is 23.4 Å². The van der Waals surface area contributed by atoms with E-state index >= 15 is 0 Å². The Balaban J connectivity index is 1.26. The quantitative estimate of drug-likeness (QED) is 0.339. The molecule has 1 amide bonds. The molecule has 0 aromatic carbocycles. The zero-order valence-electron chi connectivity index (χ0n) is 20.5. The molecule has 38 heavy (non-hydrogen) atoms. The Morgan fingerprint density at radius 1 is 1.11 bits per heavy atom. The van der Waals surface area contributed by atoms with Crippen molar-refractivity contribution in [2.45, 2.75) is 38.4 Å². The van der Waals surface area contributed by atoms with Gasteiger partial charge in [0.15, 0.2) is 5.69 Å². The number of amides is 1. The van der Waals surface area contributed by atoms with Gasteiger partial charge in [0.25, 0.3) is 11.5 Å². The van der Waals surface area contributed by atoms with Crippen LogP contribution in [0.1, 0.15) is 37.6 Å². The van der Waals surface area contributed by atoms with Crippen molar-refractivity contribution in [1.29, 1.82) is 0 Å². The highest BCUT2D eigenvalue weighted by atomic mass is 19.4. The number of rotatable bonds is 8. The van der Waals surface area contributed by atoms with Gasteiger partial charge in [-0.1, -0.05) is 0 Å². The maximum atomic E-state index is 13.4. The van der Waals surface area contributed by atoms with E-state index in [1.54, 1.807) is 16.7 Å². The second-order valence-corrected chi connectivity index (χ2v) is 8.95. The van der Waals surface area contributed by atoms with Gasteiger partial charge in [-0.2, -0.15) is 23.4 Å². The molecule has 4 heterocycles. The second-order valence-electron chi connectivity index (χ2n) is 8.95. The van der Waals surface area contributed by atoms with Crippen LogP contribution in [-0.4, -0.2) is 80.1 Å². The highest BCUT2D eigenvalue weighted by Gasteiger charge is 2.38. The van der Waals surface area contributed by atoms with Crippen molar-refractivity contribution in [2.24, 2.45) is 0 Å². The molecule has 16 heteroatoms. The third kappa shape index (κ3) is 5.89. The van der Waals surface area contributed by atoms with Crippen molar-refractivity contribution in [3.63, 3.8) is 0 Å². The first-order valence-corrected chi connectivity index (χ1v) is 11.7. The number of carbonyl (C=O) groups excluding carboxylic acids is 1. The molecule has 11 nitrogen and oxygen atoms in total. The van der Waals surface area contributed by atoms with Gasteiger partial charge in [0.05, 0.1) is 43.0 Å². The average molecular weight is 544 g/mol. The Morgan fingerprint density at radius 3 is 2.37 bits per heavy atom. The van der Waals surface area contributed by atoms with Crippen LogP contribution in [0, 0.1) is 0 Å². The molecule has 0 aliphatic carbocycles. The predicted octanol–water partition coefficient (Wildman–Crippen LogP) is 2.36. The van der Waals surface area contributed by atoms with E-state index in [0.29, 0.717) is 32.1 Å². The molecule has 3 aromatic heterocycles. The molecule has 1 aliphatic heterocycles. The lowest BCUT2D eigenvalue weighted by molar-refractivity contribution is -0.140. The van der Waals surface area contributed by atoms with E-state index in [-0.39, 0.29) is 36.6 Å². The summed E-state index contributed by atoms with van der Waals surface area (Å²) in [5.41, 5.74) is -2.66. The molecule has 1 N–H and O–H groups in total. The molecule has 1 saturated heterocycles. The Labute approximate surface area is 212 Å². The van der Waals surface area contributed by atoms with Crippen LogP contribution >= 0.6 is 0 Å². The third-order valence-corrected chi connectivity index (χ3v) is 6.09. The van der Waals surface area contributed by atoms with E-state index in [0.717, 1.165) is 30.2 Å². The molecular formula is C22H25F5N8O3. The summed E-state index contributed by atoms with van der Waals surface area (Å²) in [7, 11) is 0. The molecule has 3 aromatic rings. The van der Waals surface area contributed by atoms with Crippen molar-refractivity contribution in [2.75, 3.05) is 44.3 Å². The first-order valence-electron chi connectivity index (χ1n) is 11.7. The number of fused-ring (bicyclic) bond motifs is 1. The fourth-order valence-electron chi connectivity index (χ4n) is 4.05. The number of anilines is 1. The molecule has 0 bridgehead atoms. The smallest absolute Gasteiger partial charge is 0.379 e. The van der Waals surface area contributed by atoms with E-state index in [9.17, 15) is 31.5 Å². The van der Waals surface area contributed by atoms with Crippen LogP contribution in [-0.2, 0) is 21.6 Å². The number of aromatic nitrogens is 6. The van der Waals surface area contributed by atoms with Gasteiger partial charge in [-0.15, -0.1) is 0 Å². The Kier molecular flexibility index (Phi) is 7.62. The summed E-state index contributed by atoms with van der Waals surface area (Å²) in [5.74, 6) is -2.89. The number of piperazine rings is 1. The summed E-state index contributed by atoms with van der Waals surface area (Å²) in [6.45, 7) is 3.93. The van der Waals surface area contributed by atoms with Crippen LogP contribution in [0.25, 0.3) is 10.9 Å². The SMILES string of the molecule is CC(COCCC(=O)N1CCN(c2ncc(C(C)(F)F)cn2)CC1)n1nc(C(F)(F)F)c2c(=O)[nH]ncc21. The first-order chi connectivity index (χ1) is 17.9. The maximum Gasteiger partial charge on any atom is 0.435 e. The number of hydrogen-bond donors (Lipinski definition) is 1. The number of nitrogens with zero attached hydrogens (tertiary/aromatic N) is 7. The first kappa shape index (κ1) is 27.3. The van der Waals surface area contributed by atoms with E-state index in [1.807, 2.05) is 5.10 Å². The Hall–Kier alpha value is -3.69. The van der Waals surface area contributed by atoms with Crippen molar-refractivity contribution < 1.29 is 31.5 Å². The van der Waals surface area contributed by atoms with Gasteiger partial charge in [0.2, 0.25) is 11.9 Å². The minimum absolute atomic E-state index is 0.0311. The summed E-state index contributed by atoms with van der Waals surface area (Å²) in [4.78, 5) is 35.9. The van der Waals surface area contributed by atoms with Gasteiger partial charge < -0.3 is 14.5 Å². The van der Waals surface area contributed by atoms with Crippen LogP contribution in [0.3, 0.4) is 0 Å². The average Bonchev–Trinajstić information content (AvgIpc) is 3.28. The lowest BCUT2D eigenvalue weighted by Gasteiger charge is -2.34. The molecule has 1 fully saturated rings. The number of aromatic amines is 1. The van der Waals surface area contributed by atoms with Crippen LogP contribution in [0.5, 0.6) is 0 Å². The minimum atomic E-state index is -4.82. The summed E-state index contributed by atoms with van der Waals surface area (Å²) in [5, 5.41) is 8.53. The summed E-state index contributed by atoms with van der Waals surface area (Å²) in [6.07, 6.45) is -1.50. The monoisotopic (exact) mass is 544 g/mol. The zero-order valence-corrected chi connectivity index (χ0v) is 20.5. The Morgan fingerprint density at radius 2 is 1.76 bits per heavy atom. The number of alkyl halides is 5. The summed E-state index contributed by atoms with van der Waals surface area (Å²) >= 11 is 0. The molecule has 0 saturated carbocycles. The summed E-state index contributed by atoms with van der Waals surface area (Å²) in [6, 6.07) is -0.671. The van der Waals surface area contributed by atoms with Crippen molar-refractivity contribution in [3.8, 4) is 0 Å². The molecule has 1 atom stereocenters. The fourth-order valence-corrected chi connectivity index (χ4v) is 4.05. The number of H-pyrrole nitrogens is 1. The second kappa shape index (κ2) is 10.6. The number of halogens is 5. The fraction of sp³-hybridized carbons (Fsp3) is 0.545. The van der Waals surface area contributed by atoms with Crippen LogP contribution in [0.2, 0.25) is 0 Å². The largest absolute Gasteiger partial charge is 0.435 e. The van der Waals surface area contributed by atoms with Crippen molar-refractivity contribution >= 4 is 22.8 Å². The molecular weight excluding hydrogens is 519 g/mol. The van der Waals surface area contributed by atoms with Gasteiger partial charge in [-0.25, -0.2) is 23.8 Å². The van der Waals surface area contributed by atoms with Gasteiger partial charge in [0.1, 0.15) is 5.39 Å². The molecule has 4 rings (SSSR count). The number of ether oxygens (including phenoxy) is 1. The standard InChI is InChI=1S/C22H25F5N8O3/c1-13(35-15-11-30-31-19(37)17(15)18(32-35)22(25,26)27)12-38-8-3-16(36)33-4-6-34(7-5-33)20-28-9-14(10-29-20)21(2,23)24/h9-11,13H,3-8,12H2,1-2H3,(H,31,37). The van der Waals surface area contributed by atoms with Gasteiger partial charge >= 0.3 is 6.18 Å². The van der Waals surface area contributed by atoms with E-state index in [1.165, 1.54) is 0 Å². The zero-order chi connectivity index (χ0) is 27.7. The summed E-state index contributed by atoms with van der Waals surface area (Å²) < 4.78 is 73.3. The predicted molar refractivity (Wildman–Crippen MR) is 124 cm³/mol. The normalized spacial score (nSPS) is 15.8. The Bertz CT molecular complexity index is 1330. The maximum absolute atomic E-state index is 13.4. The van der Waals surface area contributed by atoms with Crippen molar-refractivity contribution in [1.82, 2.24) is 34.8 Å². The molecule has 206 valence electrons. The number of carbonyl (C=O) groups is 1. The van der Waals surface area contributed by atoms with E-state index in [2.05, 4.69) is 20.2 Å². The molecule has 0 radical (unpaired) electrons. The number of nitrogens with one attached hydrogen (secondary N) is 1. The van der Waals surface area contributed by atoms with Crippen LogP contribution in [0.4, 0.5) is 27.9 Å². The molecule has 0 spiro atoms. The van der Waals surface area contributed by atoms with E-state index in [4.69, 9.17) is 4.74 Å². The van der Waals surface area contributed by atoms with Gasteiger partial charge in [0, 0.05) is 45.5 Å². The molecule has 1 unspecified atom stereocenters. The lowest BCUT2D eigenvalue weighted by atomic mass is 10.2. The highest BCUT2D eigenvalue weighted by Crippen LogP contribution is 2.33.